The van der Waals surface area contributed by atoms with Crippen molar-refractivity contribution in [3.8, 4) is 34.4 Å². The van der Waals surface area contributed by atoms with Crippen LogP contribution < -0.4 is 0 Å². The minimum atomic E-state index is -0.193. The Labute approximate surface area is 367 Å². The van der Waals surface area contributed by atoms with E-state index in [1.54, 1.807) is 6.33 Å². The predicted octanol–water partition coefficient (Wildman–Crippen LogP) is 12.0. The van der Waals surface area contributed by atoms with E-state index in [0.29, 0.717) is 23.4 Å². The van der Waals surface area contributed by atoms with Crippen LogP contribution in [0.5, 0.6) is 0 Å². The molecule has 0 saturated heterocycles. The van der Waals surface area contributed by atoms with Crippen LogP contribution in [0.3, 0.4) is 0 Å². The first-order valence-electron chi connectivity index (χ1n) is 21.9. The van der Waals surface area contributed by atoms with Gasteiger partial charge in [-0.25, -0.2) is 24.9 Å². The van der Waals surface area contributed by atoms with Crippen LogP contribution in [-0.4, -0.2) is 39.0 Å². The molecule has 0 fully saturated rings. The minimum absolute atomic E-state index is 0.0890. The first-order chi connectivity index (χ1) is 31.8. The highest BCUT2D eigenvalue weighted by atomic mass is 15.2. The Bertz CT molecular complexity index is 3740. The van der Waals surface area contributed by atoms with Crippen LogP contribution in [-0.2, 0) is 0 Å². The summed E-state index contributed by atoms with van der Waals surface area (Å²) in [5.41, 5.74) is 12.7. The molecule has 3 aliphatic rings. The van der Waals surface area contributed by atoms with E-state index in [2.05, 4.69) is 197 Å². The second-order valence-corrected chi connectivity index (χ2v) is 17.0. The fourth-order valence-electron chi connectivity index (χ4n) is 11.1. The van der Waals surface area contributed by atoms with Crippen LogP contribution in [0.2, 0.25) is 0 Å². The third-order valence-corrected chi connectivity index (χ3v) is 13.7. The van der Waals surface area contributed by atoms with Crippen LogP contribution in [0, 0.1) is 5.92 Å². The lowest BCUT2D eigenvalue weighted by Gasteiger charge is -2.23. The van der Waals surface area contributed by atoms with Gasteiger partial charge in [-0.1, -0.05) is 152 Å². The number of para-hydroxylation sites is 3. The summed E-state index contributed by atoms with van der Waals surface area (Å²) in [6.07, 6.45) is 10.5. The van der Waals surface area contributed by atoms with Gasteiger partial charge in [0.15, 0.2) is 0 Å². The van der Waals surface area contributed by atoms with Gasteiger partial charge in [-0.15, -0.1) is 0 Å². The van der Waals surface area contributed by atoms with Crippen LogP contribution in [0.4, 0.5) is 0 Å². The smallest absolute Gasteiger partial charge is 0.238 e. The van der Waals surface area contributed by atoms with E-state index in [1.807, 2.05) is 0 Å². The van der Waals surface area contributed by atoms with Gasteiger partial charge >= 0.3 is 0 Å². The first-order valence-corrected chi connectivity index (χ1v) is 21.9. The number of hydrogen-bond acceptors (Lipinski definition) is 6. The Balaban J connectivity index is 0.993. The van der Waals surface area contributed by atoms with Gasteiger partial charge in [0.2, 0.25) is 17.6 Å². The van der Waals surface area contributed by atoms with E-state index in [-0.39, 0.29) is 23.7 Å². The predicted molar refractivity (Wildman–Crippen MR) is 253 cm³/mol. The topological polar surface area (TPSA) is 87.2 Å². The third kappa shape index (κ3) is 5.05. The molecule has 3 aliphatic carbocycles. The summed E-state index contributed by atoms with van der Waals surface area (Å²) >= 11 is 0. The number of hydrogen-bond donors (Lipinski definition) is 0. The molecule has 4 heterocycles. The van der Waals surface area contributed by atoms with Crippen molar-refractivity contribution < 1.29 is 0 Å². The molecule has 0 radical (unpaired) electrons. The number of fused-ring (bicyclic) bond motifs is 12. The number of aromatic nitrogens is 8. The van der Waals surface area contributed by atoms with Gasteiger partial charge in [0, 0.05) is 39.1 Å². The molecule has 0 amide bonds. The van der Waals surface area contributed by atoms with E-state index in [1.165, 1.54) is 38.8 Å². The van der Waals surface area contributed by atoms with Crippen molar-refractivity contribution >= 4 is 43.6 Å². The van der Waals surface area contributed by atoms with Crippen molar-refractivity contribution in [2.45, 2.75) is 17.8 Å². The van der Waals surface area contributed by atoms with E-state index < -0.39 is 0 Å². The second kappa shape index (κ2) is 13.6. The fourth-order valence-corrected chi connectivity index (χ4v) is 11.1. The highest BCUT2D eigenvalue weighted by Gasteiger charge is 2.42. The Morgan fingerprint density at radius 3 is 1.72 bits per heavy atom. The lowest BCUT2D eigenvalue weighted by molar-refractivity contribution is 0.540. The zero-order valence-corrected chi connectivity index (χ0v) is 34.4. The van der Waals surface area contributed by atoms with Crippen molar-refractivity contribution in [1.29, 1.82) is 0 Å². The average Bonchev–Trinajstić information content (AvgIpc) is 4.08. The van der Waals surface area contributed by atoms with Gasteiger partial charge in [-0.05, 0) is 69.8 Å². The van der Waals surface area contributed by atoms with Crippen LogP contribution in [0.25, 0.3) is 78.0 Å². The quantitative estimate of drug-likeness (QED) is 0.172. The molecular formula is C56H36N8. The zero-order chi connectivity index (χ0) is 41.9. The molecule has 7 aromatic carbocycles. The molecule has 3 atom stereocenters. The van der Waals surface area contributed by atoms with E-state index in [0.717, 1.165) is 49.7 Å². The van der Waals surface area contributed by atoms with Crippen molar-refractivity contribution in [3.05, 3.63) is 228 Å². The molecular weight excluding hydrogens is 785 g/mol. The summed E-state index contributed by atoms with van der Waals surface area (Å²) in [7, 11) is 0. The van der Waals surface area contributed by atoms with E-state index >= 15 is 0 Å². The van der Waals surface area contributed by atoms with Gasteiger partial charge in [0.25, 0.3) is 0 Å². The van der Waals surface area contributed by atoms with Crippen LogP contribution in [0.15, 0.2) is 194 Å². The SMILES string of the molecule is C1=CC2c3ccccc3C(c3nc(-c4ncnc(-n5c6ccccc6c6cc7c(cc65)c5ccccc5n7-c5ccccc5)n4)nc(C4c5ccccc5-c5ccccc54)n3)C2C=C1. The highest BCUT2D eigenvalue weighted by Crippen LogP contribution is 2.52. The van der Waals surface area contributed by atoms with Gasteiger partial charge in [0.05, 0.1) is 33.9 Å². The number of rotatable bonds is 5. The standard InChI is InChI=1S/C56H36N8/c1-2-16-33(17-3-1)63-46-28-14-12-22-38(46)44-31-49-45(30-48(44)63)39-23-13-15-29-47(39)64(49)56-58-32-57-54(62-56)55-60-52(50-40-24-8-4-18-34(40)35-19-5-9-25-41(35)50)59-53(61-55)51-42-26-10-6-20-36(42)37-21-7-11-27-43(37)51/h1-32,34,40,50-51H. The van der Waals surface area contributed by atoms with Crippen molar-refractivity contribution in [2.75, 3.05) is 0 Å². The summed E-state index contributed by atoms with van der Waals surface area (Å²) in [6.45, 7) is 0. The molecule has 4 aromatic heterocycles. The molecule has 14 rings (SSSR count). The Hall–Kier alpha value is -8.36. The fraction of sp³-hybridized carbons (Fsp3) is 0.0714. The highest BCUT2D eigenvalue weighted by molar-refractivity contribution is 6.18. The number of nitrogens with zero attached hydrogens (tertiary/aromatic N) is 8. The van der Waals surface area contributed by atoms with E-state index in [9.17, 15) is 0 Å². The first kappa shape index (κ1) is 35.3. The molecule has 64 heavy (non-hydrogen) atoms. The Morgan fingerprint density at radius 1 is 0.406 bits per heavy atom. The van der Waals surface area contributed by atoms with Crippen molar-refractivity contribution in [3.63, 3.8) is 0 Å². The molecule has 300 valence electrons. The maximum Gasteiger partial charge on any atom is 0.238 e. The van der Waals surface area contributed by atoms with Crippen LogP contribution in [0.1, 0.15) is 51.7 Å². The maximum atomic E-state index is 5.48. The summed E-state index contributed by atoms with van der Waals surface area (Å²) in [5.74, 6) is 2.83. The van der Waals surface area contributed by atoms with Gasteiger partial charge in [-0.2, -0.15) is 4.98 Å². The normalized spacial score (nSPS) is 17.3. The monoisotopic (exact) mass is 820 g/mol. The molecule has 0 saturated carbocycles. The molecule has 8 nitrogen and oxygen atoms in total. The summed E-state index contributed by atoms with van der Waals surface area (Å²) < 4.78 is 4.52. The Morgan fingerprint density at radius 2 is 0.984 bits per heavy atom. The molecule has 0 aliphatic heterocycles. The lowest BCUT2D eigenvalue weighted by Crippen LogP contribution is -2.18. The van der Waals surface area contributed by atoms with Crippen molar-refractivity contribution in [1.82, 2.24) is 39.0 Å². The molecule has 0 N–H and O–H groups in total. The molecule has 8 heteroatoms. The second-order valence-electron chi connectivity index (χ2n) is 17.0. The summed E-state index contributed by atoms with van der Waals surface area (Å²) in [4.78, 5) is 31.2. The number of allylic oxidation sites excluding steroid dienone is 4. The maximum absolute atomic E-state index is 5.48. The summed E-state index contributed by atoms with van der Waals surface area (Å²) in [6, 6.07) is 58.3. The molecule has 0 spiro atoms. The lowest BCUT2D eigenvalue weighted by atomic mass is 9.83. The third-order valence-electron chi connectivity index (χ3n) is 13.7. The molecule has 0 bridgehead atoms. The average molecular weight is 821 g/mol. The minimum Gasteiger partial charge on any atom is -0.309 e. The Kier molecular flexibility index (Phi) is 7.48. The van der Waals surface area contributed by atoms with Gasteiger partial charge < -0.3 is 4.57 Å². The van der Waals surface area contributed by atoms with E-state index in [4.69, 9.17) is 29.9 Å². The molecule has 3 unspecified atom stereocenters. The van der Waals surface area contributed by atoms with Gasteiger partial charge in [0.1, 0.15) is 18.0 Å². The largest absolute Gasteiger partial charge is 0.309 e. The van der Waals surface area contributed by atoms with Gasteiger partial charge in [-0.3, -0.25) is 4.57 Å². The number of benzene rings is 7. The zero-order valence-electron chi connectivity index (χ0n) is 34.4. The van der Waals surface area contributed by atoms with Crippen molar-refractivity contribution in [2.24, 2.45) is 5.92 Å². The molecule has 11 aromatic rings. The van der Waals surface area contributed by atoms with Crippen LogP contribution >= 0.6 is 0 Å². The summed E-state index contributed by atoms with van der Waals surface area (Å²) in [5, 5.41) is 4.54.